The molecule has 1 N–H and O–H groups in total. The molecule has 4 aromatic carbocycles. The molecule has 0 saturated carbocycles. The average Bonchev–Trinajstić information content (AvgIpc) is 3.02. The number of hydrogen-bond donors (Lipinski definition) is 1. The van der Waals surface area contributed by atoms with Crippen LogP contribution in [0.1, 0.15) is 24.5 Å². The molecule has 224 valence electrons. The maximum atomic E-state index is 14.4. The summed E-state index contributed by atoms with van der Waals surface area (Å²) in [5, 5.41) is 3.48. The van der Waals surface area contributed by atoms with Crippen molar-refractivity contribution in [2.24, 2.45) is 0 Å². The molecule has 43 heavy (non-hydrogen) atoms. The third kappa shape index (κ3) is 8.69. The smallest absolute Gasteiger partial charge is 0.264 e. The van der Waals surface area contributed by atoms with Gasteiger partial charge in [0.05, 0.1) is 10.6 Å². The van der Waals surface area contributed by atoms with E-state index in [0.717, 1.165) is 26.3 Å². The van der Waals surface area contributed by atoms with Crippen molar-refractivity contribution < 1.29 is 18.0 Å². The van der Waals surface area contributed by atoms with Crippen molar-refractivity contribution in [3.63, 3.8) is 0 Å². The fourth-order valence-corrected chi connectivity index (χ4v) is 6.39. The Morgan fingerprint density at radius 2 is 1.44 bits per heavy atom. The van der Waals surface area contributed by atoms with Crippen LogP contribution in [-0.4, -0.2) is 44.3 Å². The first kappa shape index (κ1) is 32.3. The predicted octanol–water partition coefficient (Wildman–Crippen LogP) is 6.46. The predicted molar refractivity (Wildman–Crippen MR) is 174 cm³/mol. The van der Waals surface area contributed by atoms with Crippen molar-refractivity contribution in [2.45, 2.75) is 37.2 Å². The van der Waals surface area contributed by atoms with E-state index in [4.69, 9.17) is 11.6 Å². The van der Waals surface area contributed by atoms with Gasteiger partial charge in [0.25, 0.3) is 10.0 Å². The van der Waals surface area contributed by atoms with Gasteiger partial charge in [-0.15, -0.1) is 0 Å². The molecule has 0 spiro atoms. The van der Waals surface area contributed by atoms with Gasteiger partial charge < -0.3 is 10.2 Å². The minimum Gasteiger partial charge on any atom is -0.354 e. The van der Waals surface area contributed by atoms with E-state index in [1.54, 1.807) is 66.7 Å². The number of hydrogen-bond acceptors (Lipinski definition) is 4. The zero-order valence-corrected chi connectivity index (χ0v) is 26.9. The SMILES string of the molecule is CCCNC(=O)[C@H](Cc1ccccc1)N(Cc1ccc(Cl)cc1)C(=O)CN(c1ccc(Br)cc1)S(=O)(=O)c1ccccc1. The summed E-state index contributed by atoms with van der Waals surface area (Å²) in [6, 6.07) is 30.3. The number of carbonyl (C=O) groups excluding carboxylic acids is 2. The Kier molecular flexibility index (Phi) is 11.4. The molecule has 10 heteroatoms. The number of rotatable bonds is 13. The number of nitrogens with one attached hydrogen (secondary N) is 1. The lowest BCUT2D eigenvalue weighted by Crippen LogP contribution is -2.53. The molecule has 0 aliphatic rings. The van der Waals surface area contributed by atoms with E-state index < -0.39 is 28.5 Å². The first-order chi connectivity index (χ1) is 20.7. The summed E-state index contributed by atoms with van der Waals surface area (Å²) in [4.78, 5) is 29.5. The van der Waals surface area contributed by atoms with Crippen LogP contribution in [-0.2, 0) is 32.6 Å². The zero-order chi connectivity index (χ0) is 30.8. The maximum Gasteiger partial charge on any atom is 0.264 e. The summed E-state index contributed by atoms with van der Waals surface area (Å²) in [5.74, 6) is -0.834. The summed E-state index contributed by atoms with van der Waals surface area (Å²) in [6.45, 7) is 1.96. The van der Waals surface area contributed by atoms with Gasteiger partial charge in [0.1, 0.15) is 12.6 Å². The molecule has 0 aliphatic heterocycles. The zero-order valence-electron chi connectivity index (χ0n) is 23.7. The monoisotopic (exact) mass is 681 g/mol. The Balaban J connectivity index is 1.78. The van der Waals surface area contributed by atoms with Crippen LogP contribution < -0.4 is 9.62 Å². The van der Waals surface area contributed by atoms with Gasteiger partial charge >= 0.3 is 0 Å². The molecule has 0 unspecified atom stereocenters. The Morgan fingerprint density at radius 3 is 2.05 bits per heavy atom. The summed E-state index contributed by atoms with van der Waals surface area (Å²) in [6.07, 6.45) is 0.973. The molecule has 0 aromatic heterocycles. The van der Waals surface area contributed by atoms with Gasteiger partial charge in [-0.2, -0.15) is 0 Å². The molecule has 2 amide bonds. The lowest BCUT2D eigenvalue weighted by atomic mass is 10.0. The molecule has 4 aromatic rings. The Bertz CT molecular complexity index is 1600. The van der Waals surface area contributed by atoms with Crippen molar-refractivity contribution in [3.05, 3.63) is 130 Å². The normalized spacial score (nSPS) is 11.9. The topological polar surface area (TPSA) is 86.8 Å². The third-order valence-electron chi connectivity index (χ3n) is 6.81. The third-order valence-corrected chi connectivity index (χ3v) is 9.38. The Morgan fingerprint density at radius 1 is 0.837 bits per heavy atom. The fraction of sp³-hybridized carbons (Fsp3) is 0.212. The summed E-state index contributed by atoms with van der Waals surface area (Å²) >= 11 is 9.52. The number of nitrogens with zero attached hydrogens (tertiary/aromatic N) is 2. The lowest BCUT2D eigenvalue weighted by Gasteiger charge is -2.34. The van der Waals surface area contributed by atoms with E-state index in [-0.39, 0.29) is 23.8 Å². The summed E-state index contributed by atoms with van der Waals surface area (Å²) in [5.41, 5.74) is 1.94. The van der Waals surface area contributed by atoms with Gasteiger partial charge in [-0.3, -0.25) is 13.9 Å². The van der Waals surface area contributed by atoms with Gasteiger partial charge in [-0.25, -0.2) is 8.42 Å². The fourth-order valence-electron chi connectivity index (χ4n) is 4.56. The Hall–Kier alpha value is -3.66. The molecule has 4 rings (SSSR count). The van der Waals surface area contributed by atoms with Gasteiger partial charge in [0, 0.05) is 29.0 Å². The highest BCUT2D eigenvalue weighted by atomic mass is 79.9. The van der Waals surface area contributed by atoms with Crippen LogP contribution in [0.25, 0.3) is 0 Å². The van der Waals surface area contributed by atoms with Gasteiger partial charge in [0.2, 0.25) is 11.8 Å². The molecular weight excluding hydrogens is 650 g/mol. The molecule has 0 heterocycles. The van der Waals surface area contributed by atoms with Crippen LogP contribution in [0.2, 0.25) is 5.02 Å². The lowest BCUT2D eigenvalue weighted by molar-refractivity contribution is -0.140. The number of sulfonamides is 1. The van der Waals surface area contributed by atoms with E-state index in [1.165, 1.54) is 17.0 Å². The van der Waals surface area contributed by atoms with Gasteiger partial charge in [-0.1, -0.05) is 95.1 Å². The number of benzene rings is 4. The van der Waals surface area contributed by atoms with Crippen molar-refractivity contribution >= 4 is 55.1 Å². The molecule has 0 radical (unpaired) electrons. The first-order valence-electron chi connectivity index (χ1n) is 13.9. The molecule has 0 bridgehead atoms. The van der Waals surface area contributed by atoms with Crippen LogP contribution in [0.3, 0.4) is 0 Å². The number of amides is 2. The molecule has 7 nitrogen and oxygen atoms in total. The van der Waals surface area contributed by atoms with Crippen molar-refractivity contribution in [1.29, 1.82) is 0 Å². The standard InChI is InChI=1S/C33H33BrClN3O4S/c1-2-21-36-33(40)31(22-25-9-5-3-6-10-25)37(23-26-13-17-28(35)18-14-26)32(39)24-38(29-19-15-27(34)16-20-29)43(41,42)30-11-7-4-8-12-30/h3-20,31H,2,21-24H2,1H3,(H,36,40)/t31-/m0/s1. The van der Waals surface area contributed by atoms with E-state index >= 15 is 0 Å². The largest absolute Gasteiger partial charge is 0.354 e. The van der Waals surface area contributed by atoms with Gasteiger partial charge in [0.15, 0.2) is 0 Å². The second kappa shape index (κ2) is 15.2. The minimum absolute atomic E-state index is 0.0523. The van der Waals surface area contributed by atoms with Crippen molar-refractivity contribution in [2.75, 3.05) is 17.4 Å². The number of halogens is 2. The van der Waals surface area contributed by atoms with E-state index in [9.17, 15) is 18.0 Å². The highest BCUT2D eigenvalue weighted by Crippen LogP contribution is 2.26. The Labute approximate surface area is 266 Å². The molecule has 1 atom stereocenters. The minimum atomic E-state index is -4.14. The number of carbonyl (C=O) groups is 2. The second-order valence-corrected chi connectivity index (χ2v) is 13.2. The first-order valence-corrected chi connectivity index (χ1v) is 16.5. The van der Waals surface area contributed by atoms with Crippen LogP contribution in [0.15, 0.2) is 119 Å². The van der Waals surface area contributed by atoms with Crippen molar-refractivity contribution in [1.82, 2.24) is 10.2 Å². The molecule has 0 aliphatic carbocycles. The van der Waals surface area contributed by atoms with Crippen LogP contribution in [0.4, 0.5) is 5.69 Å². The average molecular weight is 683 g/mol. The molecule has 0 fully saturated rings. The molecule has 0 saturated heterocycles. The molecular formula is C33H33BrClN3O4S. The van der Waals surface area contributed by atoms with Gasteiger partial charge in [-0.05, 0) is 66.1 Å². The van der Waals surface area contributed by atoms with E-state index in [1.807, 2.05) is 37.3 Å². The van der Waals surface area contributed by atoms with Crippen molar-refractivity contribution in [3.8, 4) is 0 Å². The highest BCUT2D eigenvalue weighted by molar-refractivity contribution is 9.10. The maximum absolute atomic E-state index is 14.4. The number of anilines is 1. The summed E-state index contributed by atoms with van der Waals surface area (Å²) < 4.78 is 29.8. The van der Waals surface area contributed by atoms with Crippen LogP contribution in [0.5, 0.6) is 0 Å². The second-order valence-electron chi connectivity index (χ2n) is 9.95. The summed E-state index contributed by atoms with van der Waals surface area (Å²) in [7, 11) is -4.14. The van der Waals surface area contributed by atoms with E-state index in [2.05, 4.69) is 21.2 Å². The quantitative estimate of drug-likeness (QED) is 0.175. The van der Waals surface area contributed by atoms with Crippen LogP contribution in [0, 0.1) is 0 Å². The van der Waals surface area contributed by atoms with E-state index in [0.29, 0.717) is 17.3 Å². The highest BCUT2D eigenvalue weighted by Gasteiger charge is 2.34. The van der Waals surface area contributed by atoms with Crippen LogP contribution >= 0.6 is 27.5 Å².